The van der Waals surface area contributed by atoms with E-state index in [0.29, 0.717) is 30.2 Å². The summed E-state index contributed by atoms with van der Waals surface area (Å²) in [5.41, 5.74) is 1.70. The molecule has 4 rings (SSSR count). The third-order valence-corrected chi connectivity index (χ3v) is 7.02. The van der Waals surface area contributed by atoms with Crippen molar-refractivity contribution in [2.45, 2.75) is 18.4 Å². The van der Waals surface area contributed by atoms with Gasteiger partial charge in [-0.15, -0.1) is 11.3 Å². The number of carbonyl (C=O) groups excluding carboxylic acids is 1. The maximum atomic E-state index is 12.6. The summed E-state index contributed by atoms with van der Waals surface area (Å²) in [6.45, 7) is 2.69. The van der Waals surface area contributed by atoms with Gasteiger partial charge in [0.25, 0.3) is 15.9 Å². The van der Waals surface area contributed by atoms with Gasteiger partial charge in [-0.25, -0.2) is 13.4 Å². The van der Waals surface area contributed by atoms with Crippen LogP contribution in [-0.4, -0.2) is 25.9 Å². The normalized spacial score (nSPS) is 11.3. The lowest BCUT2D eigenvalue weighted by Crippen LogP contribution is -2.22. The van der Waals surface area contributed by atoms with Gasteiger partial charge in [0.2, 0.25) is 0 Å². The summed E-state index contributed by atoms with van der Waals surface area (Å²) in [4.78, 5) is 17.1. The Hall–Kier alpha value is -3.43. The van der Waals surface area contributed by atoms with Crippen LogP contribution in [0.2, 0.25) is 0 Å². The quantitative estimate of drug-likeness (QED) is 0.400. The number of nitrogens with zero attached hydrogens (tertiary/aromatic N) is 1. The minimum atomic E-state index is -3.75. The molecule has 0 atom stereocenters. The number of fused-ring (bicyclic) bond motifs is 1. The Labute approximate surface area is 190 Å². The van der Waals surface area contributed by atoms with Crippen LogP contribution in [0.4, 0.5) is 5.69 Å². The largest absolute Gasteiger partial charge is 0.494 e. The van der Waals surface area contributed by atoms with Crippen molar-refractivity contribution in [1.29, 1.82) is 0 Å². The number of sulfonamides is 1. The van der Waals surface area contributed by atoms with E-state index in [1.165, 1.54) is 23.5 Å². The number of rotatable bonds is 8. The molecule has 0 unspecified atom stereocenters. The summed E-state index contributed by atoms with van der Waals surface area (Å²) in [5.74, 6) is 0.345. The lowest BCUT2D eigenvalue weighted by molar-refractivity contribution is 0.0951. The highest BCUT2D eigenvalue weighted by Crippen LogP contribution is 2.22. The molecule has 1 amide bonds. The number of anilines is 1. The Morgan fingerprint density at radius 2 is 1.72 bits per heavy atom. The second-order valence-corrected chi connectivity index (χ2v) is 9.64. The third-order valence-electron chi connectivity index (χ3n) is 4.58. The van der Waals surface area contributed by atoms with Crippen LogP contribution in [0, 0.1) is 0 Å². The summed E-state index contributed by atoms with van der Waals surface area (Å²) < 4.78 is 34.1. The van der Waals surface area contributed by atoms with E-state index in [1.807, 2.05) is 31.2 Å². The Balaban J connectivity index is 1.37. The monoisotopic (exact) mass is 467 g/mol. The molecule has 7 nitrogen and oxygen atoms in total. The second-order valence-electron chi connectivity index (χ2n) is 6.85. The van der Waals surface area contributed by atoms with Gasteiger partial charge >= 0.3 is 0 Å². The number of nitrogens with one attached hydrogen (secondary N) is 2. The Morgan fingerprint density at radius 3 is 2.41 bits per heavy atom. The van der Waals surface area contributed by atoms with E-state index in [9.17, 15) is 13.2 Å². The average Bonchev–Trinajstić information content (AvgIpc) is 3.21. The Bertz CT molecular complexity index is 1300. The zero-order valence-corrected chi connectivity index (χ0v) is 18.9. The molecular formula is C23H21N3O4S2. The number of ether oxygens (including phenoxy) is 1. The number of amides is 1. The maximum absolute atomic E-state index is 12.6. The molecule has 0 spiro atoms. The summed E-state index contributed by atoms with van der Waals surface area (Å²) in [6, 6.07) is 20.2. The highest BCUT2D eigenvalue weighted by Gasteiger charge is 2.15. The minimum absolute atomic E-state index is 0.124. The van der Waals surface area contributed by atoms with E-state index in [1.54, 1.807) is 36.4 Å². The fourth-order valence-electron chi connectivity index (χ4n) is 3.04. The van der Waals surface area contributed by atoms with Crippen molar-refractivity contribution in [3.05, 3.63) is 83.4 Å². The van der Waals surface area contributed by atoms with Crippen molar-refractivity contribution in [2.75, 3.05) is 11.3 Å². The molecule has 1 aromatic heterocycles. The molecular weight excluding hydrogens is 446 g/mol. The Kier molecular flexibility index (Phi) is 6.38. The third kappa shape index (κ3) is 5.06. The minimum Gasteiger partial charge on any atom is -0.494 e. The van der Waals surface area contributed by atoms with Crippen LogP contribution in [-0.2, 0) is 16.6 Å². The summed E-state index contributed by atoms with van der Waals surface area (Å²) in [7, 11) is -3.75. The molecule has 0 saturated carbocycles. The fourth-order valence-corrected chi connectivity index (χ4v) is 5.00. The molecule has 9 heteroatoms. The van der Waals surface area contributed by atoms with Gasteiger partial charge in [-0.2, -0.15) is 0 Å². The number of carbonyl (C=O) groups is 1. The van der Waals surface area contributed by atoms with Crippen LogP contribution in [0.1, 0.15) is 22.3 Å². The Morgan fingerprint density at radius 1 is 1.00 bits per heavy atom. The number of aromatic nitrogens is 1. The predicted octanol–water partition coefficient (Wildman–Crippen LogP) is 4.43. The van der Waals surface area contributed by atoms with Gasteiger partial charge in [0.15, 0.2) is 0 Å². The molecule has 0 aliphatic heterocycles. The van der Waals surface area contributed by atoms with Crippen LogP contribution < -0.4 is 14.8 Å². The number of benzene rings is 3. The predicted molar refractivity (Wildman–Crippen MR) is 126 cm³/mol. The topological polar surface area (TPSA) is 97.4 Å². The lowest BCUT2D eigenvalue weighted by atomic mass is 10.2. The van der Waals surface area contributed by atoms with Crippen molar-refractivity contribution < 1.29 is 17.9 Å². The molecule has 3 aromatic carbocycles. The molecule has 2 N–H and O–H groups in total. The molecule has 0 bridgehead atoms. The van der Waals surface area contributed by atoms with Gasteiger partial charge in [-0.1, -0.05) is 12.1 Å². The van der Waals surface area contributed by atoms with E-state index in [-0.39, 0.29) is 10.8 Å². The van der Waals surface area contributed by atoms with Crippen LogP contribution in [0.25, 0.3) is 10.2 Å². The molecule has 0 aliphatic carbocycles. The molecule has 0 radical (unpaired) electrons. The van der Waals surface area contributed by atoms with E-state index < -0.39 is 10.0 Å². The number of hydrogen-bond donors (Lipinski definition) is 2. The van der Waals surface area contributed by atoms with Crippen LogP contribution in [0.5, 0.6) is 5.75 Å². The standard InChI is InChI=1S/C23H21N3O4S2/c1-2-30-18-11-13-19(14-12-18)32(28,29)26-17-9-7-16(8-10-17)23(27)24-15-22-25-20-5-3-4-6-21(20)31-22/h3-14,26H,2,15H2,1H3,(H,24,27). The van der Waals surface area contributed by atoms with Gasteiger partial charge in [-0.3, -0.25) is 9.52 Å². The first-order chi connectivity index (χ1) is 15.4. The fraction of sp³-hybridized carbons (Fsp3) is 0.130. The summed E-state index contributed by atoms with van der Waals surface area (Å²) >= 11 is 1.53. The highest BCUT2D eigenvalue weighted by molar-refractivity contribution is 7.92. The molecule has 0 saturated heterocycles. The van der Waals surface area contributed by atoms with Crippen LogP contribution in [0.15, 0.2) is 77.7 Å². The summed E-state index contributed by atoms with van der Waals surface area (Å²) in [6.07, 6.45) is 0. The number of hydrogen-bond acceptors (Lipinski definition) is 6. The molecule has 1 heterocycles. The van der Waals surface area contributed by atoms with E-state index >= 15 is 0 Å². The average molecular weight is 468 g/mol. The first-order valence-electron chi connectivity index (χ1n) is 9.93. The van der Waals surface area contributed by atoms with Gasteiger partial charge in [0, 0.05) is 11.3 Å². The van der Waals surface area contributed by atoms with Crippen molar-refractivity contribution >= 4 is 43.2 Å². The van der Waals surface area contributed by atoms with E-state index in [4.69, 9.17) is 4.74 Å². The van der Waals surface area contributed by atoms with Crippen molar-refractivity contribution in [3.8, 4) is 5.75 Å². The van der Waals surface area contributed by atoms with Crippen LogP contribution in [0.3, 0.4) is 0 Å². The van der Waals surface area contributed by atoms with E-state index in [0.717, 1.165) is 15.2 Å². The van der Waals surface area contributed by atoms with Crippen molar-refractivity contribution in [3.63, 3.8) is 0 Å². The van der Waals surface area contributed by atoms with Crippen molar-refractivity contribution in [2.24, 2.45) is 0 Å². The van der Waals surface area contributed by atoms with E-state index in [2.05, 4.69) is 15.0 Å². The lowest BCUT2D eigenvalue weighted by Gasteiger charge is -2.10. The number of thiazole rings is 1. The SMILES string of the molecule is CCOc1ccc(S(=O)(=O)Nc2ccc(C(=O)NCc3nc4ccccc4s3)cc2)cc1. The zero-order chi connectivity index (χ0) is 22.6. The summed E-state index contributed by atoms with van der Waals surface area (Å²) in [5, 5.41) is 3.66. The molecule has 4 aromatic rings. The second kappa shape index (κ2) is 9.37. The molecule has 32 heavy (non-hydrogen) atoms. The smallest absolute Gasteiger partial charge is 0.261 e. The first kappa shape index (κ1) is 21.8. The van der Waals surface area contributed by atoms with Gasteiger partial charge in [0.05, 0.1) is 28.3 Å². The van der Waals surface area contributed by atoms with Gasteiger partial charge < -0.3 is 10.1 Å². The van der Waals surface area contributed by atoms with Crippen molar-refractivity contribution in [1.82, 2.24) is 10.3 Å². The molecule has 0 fully saturated rings. The highest BCUT2D eigenvalue weighted by atomic mass is 32.2. The number of para-hydroxylation sites is 1. The van der Waals surface area contributed by atoms with Gasteiger partial charge in [-0.05, 0) is 67.6 Å². The first-order valence-corrected chi connectivity index (χ1v) is 12.2. The zero-order valence-electron chi connectivity index (χ0n) is 17.2. The molecule has 0 aliphatic rings. The van der Waals surface area contributed by atoms with Crippen LogP contribution >= 0.6 is 11.3 Å². The maximum Gasteiger partial charge on any atom is 0.261 e. The molecule has 164 valence electrons. The van der Waals surface area contributed by atoms with Gasteiger partial charge in [0.1, 0.15) is 10.8 Å².